The second-order valence-corrected chi connectivity index (χ2v) is 5.80. The van der Waals surface area contributed by atoms with Gasteiger partial charge in [0, 0.05) is 18.8 Å². The van der Waals surface area contributed by atoms with E-state index in [0.29, 0.717) is 0 Å². The maximum Gasteiger partial charge on any atom is 0.0788 e. The molecule has 0 bridgehead atoms. The highest BCUT2D eigenvalue weighted by molar-refractivity contribution is 5.60. The molecule has 0 N–H and O–H groups in total. The Morgan fingerprint density at radius 3 is 1.95 bits per heavy atom. The van der Waals surface area contributed by atoms with Crippen molar-refractivity contribution in [2.45, 2.75) is 72.1 Å². The van der Waals surface area contributed by atoms with Gasteiger partial charge in [0.25, 0.3) is 0 Å². The average molecular weight is 271 g/mol. The molecule has 3 heteroatoms. The van der Waals surface area contributed by atoms with E-state index in [9.17, 15) is 0 Å². The van der Waals surface area contributed by atoms with Crippen LogP contribution in [-0.2, 0) is 4.79 Å². The lowest BCUT2D eigenvalue weighted by Crippen LogP contribution is -2.45. The van der Waals surface area contributed by atoms with Gasteiger partial charge in [-0.1, -0.05) is 32.6 Å². The van der Waals surface area contributed by atoms with Crippen molar-refractivity contribution in [1.29, 1.82) is 0 Å². The van der Waals surface area contributed by atoms with E-state index in [1.165, 1.54) is 82.0 Å². The molecule has 1 rings (SSSR count). The van der Waals surface area contributed by atoms with Crippen molar-refractivity contribution in [3.8, 4) is 0 Å². The van der Waals surface area contributed by atoms with Gasteiger partial charge in [-0.2, -0.15) is 0 Å². The second-order valence-electron chi connectivity index (χ2n) is 5.80. The Morgan fingerprint density at radius 2 is 1.47 bits per heavy atom. The Hall–Kier alpha value is -0.570. The van der Waals surface area contributed by atoms with Crippen molar-refractivity contribution in [2.24, 2.45) is 0 Å². The summed E-state index contributed by atoms with van der Waals surface area (Å²) in [6.45, 7) is 11.4. The van der Waals surface area contributed by atoms with Crippen LogP contribution >= 0.6 is 0 Å². The summed E-state index contributed by atoms with van der Waals surface area (Å²) < 4.78 is 1.44. The summed E-state index contributed by atoms with van der Waals surface area (Å²) in [5, 5.41) is 8.89. The number of carboxylic acid groups (broad SMARTS) is 1. The number of carbonyl (C=O) groups excluding carboxylic acids is 1. The van der Waals surface area contributed by atoms with E-state index in [4.69, 9.17) is 9.90 Å². The predicted molar refractivity (Wildman–Crippen MR) is 78.7 cm³/mol. The van der Waals surface area contributed by atoms with Gasteiger partial charge in [-0.3, -0.25) is 0 Å². The topological polar surface area (TPSA) is 40.1 Å². The van der Waals surface area contributed by atoms with Crippen molar-refractivity contribution >= 4 is 5.97 Å². The molecular weight excluding hydrogens is 238 g/mol. The molecular formula is C16H33NO2. The zero-order valence-electron chi connectivity index (χ0n) is 13.2. The highest BCUT2D eigenvalue weighted by Crippen LogP contribution is 2.20. The van der Waals surface area contributed by atoms with E-state index in [1.807, 2.05) is 0 Å². The van der Waals surface area contributed by atoms with Crippen LogP contribution < -0.4 is 5.11 Å². The molecule has 0 aliphatic carbocycles. The van der Waals surface area contributed by atoms with Crippen LogP contribution in [0.2, 0.25) is 0 Å². The molecule has 1 fully saturated rings. The minimum atomic E-state index is -1.08. The van der Waals surface area contributed by atoms with Gasteiger partial charge in [0.05, 0.1) is 26.2 Å². The molecule has 0 aromatic rings. The van der Waals surface area contributed by atoms with Crippen molar-refractivity contribution in [1.82, 2.24) is 0 Å². The molecule has 1 heterocycles. The third-order valence-corrected chi connectivity index (χ3v) is 4.17. The van der Waals surface area contributed by atoms with Gasteiger partial charge in [-0.15, -0.1) is 0 Å². The first-order chi connectivity index (χ1) is 9.06. The Bertz CT molecular complexity index is 219. The van der Waals surface area contributed by atoms with Gasteiger partial charge in [0.15, 0.2) is 0 Å². The van der Waals surface area contributed by atoms with Crippen molar-refractivity contribution in [2.75, 3.05) is 26.2 Å². The number of unbranched alkanes of at least 4 members (excludes halogenated alkanes) is 5. The van der Waals surface area contributed by atoms with Crippen molar-refractivity contribution in [3.05, 3.63) is 0 Å². The number of hydrogen-bond acceptors (Lipinski definition) is 2. The molecule has 0 atom stereocenters. The smallest absolute Gasteiger partial charge is 0.0788 e. The molecule has 114 valence electrons. The van der Waals surface area contributed by atoms with E-state index in [1.54, 1.807) is 0 Å². The van der Waals surface area contributed by atoms with Crippen molar-refractivity contribution < 1.29 is 14.4 Å². The highest BCUT2D eigenvalue weighted by atomic mass is 16.4. The SMILES string of the molecule is CC(=O)[O-].CCCCCCCC[N+]1(CC)CCCC1. The standard InChI is InChI=1S/C14H30N.C2H4O2/c1-3-5-6-7-8-9-12-15(4-2)13-10-11-14-15;1-2(3)4/h3-14H2,1-2H3;1H3,(H,3,4)/q+1;/p-1. The zero-order valence-corrected chi connectivity index (χ0v) is 13.2. The van der Waals surface area contributed by atoms with E-state index in [2.05, 4.69) is 13.8 Å². The van der Waals surface area contributed by atoms with Gasteiger partial charge < -0.3 is 14.4 Å². The average Bonchev–Trinajstić information content (AvgIpc) is 2.82. The Labute approximate surface area is 119 Å². The first-order valence-electron chi connectivity index (χ1n) is 8.09. The van der Waals surface area contributed by atoms with E-state index < -0.39 is 5.97 Å². The molecule has 0 unspecified atom stereocenters. The lowest BCUT2D eigenvalue weighted by molar-refractivity contribution is -0.915. The number of carbonyl (C=O) groups is 1. The quantitative estimate of drug-likeness (QED) is 0.503. The summed E-state index contributed by atoms with van der Waals surface area (Å²) in [6.07, 6.45) is 11.6. The summed E-state index contributed by atoms with van der Waals surface area (Å²) in [4.78, 5) is 8.89. The van der Waals surface area contributed by atoms with Crippen LogP contribution in [0, 0.1) is 0 Å². The molecule has 1 aliphatic rings. The highest BCUT2D eigenvalue weighted by Gasteiger charge is 2.28. The van der Waals surface area contributed by atoms with Crippen LogP contribution in [0.25, 0.3) is 0 Å². The number of nitrogens with zero attached hydrogens (tertiary/aromatic N) is 1. The summed E-state index contributed by atoms with van der Waals surface area (Å²) in [5.74, 6) is -1.08. The number of rotatable bonds is 8. The molecule has 0 aromatic carbocycles. The third kappa shape index (κ3) is 9.94. The predicted octanol–water partition coefficient (Wildman–Crippen LogP) is 2.73. The second kappa shape index (κ2) is 11.3. The minimum Gasteiger partial charge on any atom is -0.550 e. The summed E-state index contributed by atoms with van der Waals surface area (Å²) in [5.41, 5.74) is 0. The summed E-state index contributed by atoms with van der Waals surface area (Å²) in [6, 6.07) is 0. The summed E-state index contributed by atoms with van der Waals surface area (Å²) in [7, 11) is 0. The Balaban J connectivity index is 0.000000711. The van der Waals surface area contributed by atoms with Gasteiger partial charge in [0.1, 0.15) is 0 Å². The van der Waals surface area contributed by atoms with Crippen LogP contribution in [0.1, 0.15) is 72.1 Å². The molecule has 0 radical (unpaired) electrons. The monoisotopic (exact) mass is 271 g/mol. The molecule has 0 saturated carbocycles. The number of likely N-dealkylation sites (tertiary alicyclic amines) is 1. The van der Waals surface area contributed by atoms with Crippen LogP contribution in [-0.4, -0.2) is 36.6 Å². The Kier molecular flexibility index (Phi) is 10.9. The lowest BCUT2D eigenvalue weighted by atomic mass is 10.1. The fourth-order valence-electron chi connectivity index (χ4n) is 2.93. The molecule has 1 aliphatic heterocycles. The largest absolute Gasteiger partial charge is 0.550 e. The van der Waals surface area contributed by atoms with Gasteiger partial charge in [-0.05, 0) is 26.7 Å². The van der Waals surface area contributed by atoms with Crippen molar-refractivity contribution in [3.63, 3.8) is 0 Å². The molecule has 0 spiro atoms. The first-order valence-corrected chi connectivity index (χ1v) is 8.09. The summed E-state index contributed by atoms with van der Waals surface area (Å²) >= 11 is 0. The molecule has 0 aromatic heterocycles. The maximum absolute atomic E-state index is 8.89. The Morgan fingerprint density at radius 1 is 1.00 bits per heavy atom. The van der Waals surface area contributed by atoms with Gasteiger partial charge in [0.2, 0.25) is 0 Å². The fourth-order valence-corrected chi connectivity index (χ4v) is 2.93. The molecule has 1 saturated heterocycles. The zero-order chi connectivity index (χ0) is 14.6. The van der Waals surface area contributed by atoms with E-state index in [0.717, 1.165) is 6.92 Å². The van der Waals surface area contributed by atoms with E-state index >= 15 is 0 Å². The maximum atomic E-state index is 8.89. The number of aliphatic carboxylic acids is 1. The minimum absolute atomic E-state index is 0.972. The number of quaternary nitrogens is 1. The molecule has 19 heavy (non-hydrogen) atoms. The lowest BCUT2D eigenvalue weighted by Gasteiger charge is -2.33. The third-order valence-electron chi connectivity index (χ3n) is 4.17. The molecule has 3 nitrogen and oxygen atoms in total. The van der Waals surface area contributed by atoms with E-state index in [-0.39, 0.29) is 0 Å². The van der Waals surface area contributed by atoms with Gasteiger partial charge in [-0.25, -0.2) is 0 Å². The number of hydrogen-bond donors (Lipinski definition) is 0. The number of carboxylic acids is 1. The fraction of sp³-hybridized carbons (Fsp3) is 0.938. The van der Waals surface area contributed by atoms with Crippen LogP contribution in [0.3, 0.4) is 0 Å². The van der Waals surface area contributed by atoms with Gasteiger partial charge >= 0.3 is 0 Å². The first kappa shape index (κ1) is 18.4. The van der Waals surface area contributed by atoms with Crippen LogP contribution in [0.4, 0.5) is 0 Å². The van der Waals surface area contributed by atoms with Crippen LogP contribution in [0.15, 0.2) is 0 Å². The molecule has 0 amide bonds. The normalized spacial score (nSPS) is 16.8. The van der Waals surface area contributed by atoms with Crippen LogP contribution in [0.5, 0.6) is 0 Å².